The normalized spacial score (nSPS) is 11.6. The number of hydrogen-bond acceptors (Lipinski definition) is 8. The number of nitrogens with zero attached hydrogens (tertiary/aromatic N) is 4. The maximum absolute atomic E-state index is 12.6. The van der Waals surface area contributed by atoms with Crippen molar-refractivity contribution in [2.75, 3.05) is 7.11 Å². The number of esters is 1. The lowest BCUT2D eigenvalue weighted by atomic mass is 10.1. The number of thiophene rings is 1. The highest BCUT2D eigenvalue weighted by atomic mass is 32.1. The molecule has 0 aliphatic carbocycles. The largest absolute Gasteiger partial charge is 0.493 e. The van der Waals surface area contributed by atoms with Crippen LogP contribution in [0.15, 0.2) is 40.5 Å². The summed E-state index contributed by atoms with van der Waals surface area (Å²) in [6.45, 7) is 3.84. The minimum Gasteiger partial charge on any atom is -0.493 e. The van der Waals surface area contributed by atoms with Gasteiger partial charge < -0.3 is 9.47 Å². The van der Waals surface area contributed by atoms with E-state index in [9.17, 15) is 9.59 Å². The predicted octanol–water partition coefficient (Wildman–Crippen LogP) is 0.207. The van der Waals surface area contributed by atoms with Crippen LogP contribution >= 0.6 is 11.3 Å². The number of carbonyl (C=O) groups is 1. The number of ether oxygens (including phenoxy) is 2. The number of nitrogens with one attached hydrogen (secondary N) is 2. The molecule has 1 aromatic carbocycles. The van der Waals surface area contributed by atoms with Crippen molar-refractivity contribution in [2.24, 2.45) is 0 Å². The highest BCUT2D eigenvalue weighted by Gasteiger charge is 2.14. The molecule has 0 bridgehead atoms. The Kier molecular flexibility index (Phi) is 4.79. The molecule has 0 aliphatic rings. The number of benzene rings is 1. The van der Waals surface area contributed by atoms with Crippen LogP contribution in [-0.2, 0) is 0 Å². The Bertz CT molecular complexity index is 1320. The molecule has 0 aliphatic heterocycles. The summed E-state index contributed by atoms with van der Waals surface area (Å²) in [5, 5.41) is 18.5. The molecule has 10 nitrogen and oxygen atoms in total. The average Bonchev–Trinajstić information content (AvgIpc) is 3.47. The molecule has 0 spiro atoms. The Morgan fingerprint density at radius 2 is 2.17 bits per heavy atom. The smallest absolute Gasteiger partial charge is 0.353 e. The lowest BCUT2D eigenvalue weighted by molar-refractivity contribution is 0.0735. The summed E-state index contributed by atoms with van der Waals surface area (Å²) in [6.07, 6.45) is 1.63. The summed E-state index contributed by atoms with van der Waals surface area (Å²) >= 11 is 1.29. The second kappa shape index (κ2) is 7.56. The first-order chi connectivity index (χ1) is 14.1. The van der Waals surface area contributed by atoms with E-state index >= 15 is 0 Å². The number of H-pyrrole nitrogens is 2. The lowest BCUT2D eigenvalue weighted by Crippen LogP contribution is -2.34. The van der Waals surface area contributed by atoms with Crippen molar-refractivity contribution >= 4 is 30.0 Å². The van der Waals surface area contributed by atoms with Gasteiger partial charge in [0, 0.05) is 0 Å². The number of tetrazole rings is 1. The van der Waals surface area contributed by atoms with Gasteiger partial charge in [-0.3, -0.25) is 9.89 Å². The number of carbonyl (C=O) groups excluding carboxylic acids is 1. The van der Waals surface area contributed by atoms with E-state index in [4.69, 9.17) is 9.47 Å². The monoisotopic (exact) mass is 410 g/mol. The molecule has 0 saturated carbocycles. The first kappa shape index (κ1) is 18.4. The van der Waals surface area contributed by atoms with Gasteiger partial charge in [0.25, 0.3) is 11.5 Å². The second-order valence-electron chi connectivity index (χ2n) is 5.78. The minimum absolute atomic E-state index is 0.0768. The Balaban J connectivity index is 1.69. The van der Waals surface area contributed by atoms with Crippen LogP contribution in [0.1, 0.15) is 15.2 Å². The molecule has 0 amide bonds. The van der Waals surface area contributed by atoms with Crippen molar-refractivity contribution in [1.29, 1.82) is 0 Å². The molecule has 0 fully saturated rings. The van der Waals surface area contributed by atoms with Crippen molar-refractivity contribution < 1.29 is 14.3 Å². The van der Waals surface area contributed by atoms with E-state index in [0.717, 1.165) is 4.68 Å². The van der Waals surface area contributed by atoms with Crippen molar-refractivity contribution in [3.05, 3.63) is 67.1 Å². The van der Waals surface area contributed by atoms with Gasteiger partial charge in [-0.25, -0.2) is 4.79 Å². The van der Waals surface area contributed by atoms with Crippen molar-refractivity contribution in [3.63, 3.8) is 0 Å². The molecule has 4 aromatic rings. The topological polar surface area (TPSA) is 128 Å². The third-order valence-corrected chi connectivity index (χ3v) is 4.81. The molecular formula is C18H14N6O4S. The Morgan fingerprint density at radius 3 is 2.86 bits per heavy atom. The molecule has 2 N–H and O–H groups in total. The fourth-order valence-corrected chi connectivity index (χ4v) is 3.20. The Morgan fingerprint density at radius 1 is 1.31 bits per heavy atom. The van der Waals surface area contributed by atoms with Crippen LogP contribution in [-0.4, -0.2) is 43.5 Å². The fraction of sp³-hybridized carbons (Fsp3) is 0.0556. The van der Waals surface area contributed by atoms with Gasteiger partial charge in [-0.15, -0.1) is 16.4 Å². The average molecular weight is 410 g/mol. The molecule has 3 aromatic heterocycles. The van der Waals surface area contributed by atoms with Gasteiger partial charge in [-0.2, -0.15) is 9.90 Å². The molecular weight excluding hydrogens is 396 g/mol. The van der Waals surface area contributed by atoms with E-state index in [1.165, 1.54) is 18.4 Å². The fourth-order valence-electron chi connectivity index (χ4n) is 2.61. The maximum atomic E-state index is 12.6. The molecule has 11 heteroatoms. The second-order valence-corrected chi connectivity index (χ2v) is 6.73. The molecule has 4 rings (SSSR count). The minimum atomic E-state index is -0.469. The van der Waals surface area contributed by atoms with Crippen molar-refractivity contribution in [2.45, 2.75) is 0 Å². The molecule has 0 unspecified atom stereocenters. The summed E-state index contributed by atoms with van der Waals surface area (Å²) in [5.41, 5.74) is 0.266. The molecule has 0 radical (unpaired) electrons. The van der Waals surface area contributed by atoms with Crippen LogP contribution in [0.3, 0.4) is 0 Å². The van der Waals surface area contributed by atoms with Gasteiger partial charge in [0.1, 0.15) is 4.88 Å². The SMILES string of the molecule is C=c1[nH]n(-c2nn[nH]n2)c(=O)/c1=C\c1ccc(OC(=O)c2cccs2)c(OC)c1. The zero-order valence-electron chi connectivity index (χ0n) is 15.1. The summed E-state index contributed by atoms with van der Waals surface area (Å²) < 4.78 is 11.9. The van der Waals surface area contributed by atoms with Gasteiger partial charge in [-0.05, 0) is 40.4 Å². The number of methoxy groups -OCH3 is 1. The Hall–Kier alpha value is -3.99. The number of aromatic nitrogens is 6. The molecule has 146 valence electrons. The standard InChI is InChI=1S/C18H14N6O4S/c1-10-12(16(25)24(21-10)18-19-22-23-20-18)8-11-5-6-13(14(9-11)27-2)28-17(26)15-4-3-7-29-15/h3-9,21H,1H2,2H3,(H,19,20,22,23)/b12-8-. The third kappa shape index (κ3) is 3.58. The Labute approximate surface area is 166 Å². The van der Waals surface area contributed by atoms with Crippen LogP contribution < -0.4 is 25.6 Å². The zero-order chi connectivity index (χ0) is 20.4. The molecule has 0 saturated heterocycles. The van der Waals surface area contributed by atoms with Crippen molar-refractivity contribution in [3.8, 4) is 17.4 Å². The molecule has 0 atom stereocenters. The molecule has 3 heterocycles. The van der Waals surface area contributed by atoms with Crippen LogP contribution in [0.4, 0.5) is 0 Å². The van der Waals surface area contributed by atoms with E-state index in [1.807, 2.05) is 0 Å². The van der Waals surface area contributed by atoms with Gasteiger partial charge in [0.2, 0.25) is 0 Å². The van der Waals surface area contributed by atoms with Crippen LogP contribution in [0.25, 0.3) is 18.6 Å². The number of hydrogen-bond donors (Lipinski definition) is 2. The van der Waals surface area contributed by atoms with E-state index in [1.54, 1.807) is 41.8 Å². The highest BCUT2D eigenvalue weighted by Crippen LogP contribution is 2.29. The zero-order valence-corrected chi connectivity index (χ0v) is 15.9. The number of rotatable bonds is 5. The summed E-state index contributed by atoms with van der Waals surface area (Å²) in [4.78, 5) is 25.3. The van der Waals surface area contributed by atoms with E-state index in [0.29, 0.717) is 26.8 Å². The van der Waals surface area contributed by atoms with E-state index in [2.05, 4.69) is 32.3 Å². The first-order valence-electron chi connectivity index (χ1n) is 8.26. The third-order valence-electron chi connectivity index (χ3n) is 3.96. The van der Waals surface area contributed by atoms with Gasteiger partial charge in [0.05, 0.1) is 17.7 Å². The quantitative estimate of drug-likeness (QED) is 0.355. The summed E-state index contributed by atoms with van der Waals surface area (Å²) in [6, 6.07) is 8.40. The first-order valence-corrected chi connectivity index (χ1v) is 9.14. The predicted molar refractivity (Wildman–Crippen MR) is 105 cm³/mol. The van der Waals surface area contributed by atoms with Gasteiger partial charge >= 0.3 is 5.97 Å². The van der Waals surface area contributed by atoms with Crippen molar-refractivity contribution in [1.82, 2.24) is 30.4 Å². The summed E-state index contributed by atoms with van der Waals surface area (Å²) in [5.74, 6) is 0.233. The van der Waals surface area contributed by atoms with Crippen LogP contribution in [0, 0.1) is 0 Å². The number of aromatic amines is 2. The lowest BCUT2D eigenvalue weighted by Gasteiger charge is -2.09. The van der Waals surface area contributed by atoms with Gasteiger partial charge in [-0.1, -0.05) is 23.8 Å². The summed E-state index contributed by atoms with van der Waals surface area (Å²) in [7, 11) is 1.47. The highest BCUT2D eigenvalue weighted by molar-refractivity contribution is 7.12. The van der Waals surface area contributed by atoms with E-state index in [-0.39, 0.29) is 17.3 Å². The maximum Gasteiger partial charge on any atom is 0.353 e. The van der Waals surface area contributed by atoms with Crippen LogP contribution in [0.2, 0.25) is 0 Å². The molecule has 29 heavy (non-hydrogen) atoms. The van der Waals surface area contributed by atoms with E-state index < -0.39 is 5.97 Å². The van der Waals surface area contributed by atoms with Gasteiger partial charge in [0.15, 0.2) is 11.5 Å². The van der Waals surface area contributed by atoms with Crippen LogP contribution in [0.5, 0.6) is 11.5 Å².